The van der Waals surface area contributed by atoms with Gasteiger partial charge in [-0.05, 0) is 23.8 Å². The second kappa shape index (κ2) is 6.92. The molecule has 0 spiro atoms. The number of methoxy groups -OCH3 is 1. The van der Waals surface area contributed by atoms with Crippen molar-refractivity contribution in [3.63, 3.8) is 0 Å². The highest BCUT2D eigenvalue weighted by atomic mass is 19.3. The van der Waals surface area contributed by atoms with Gasteiger partial charge in [0, 0.05) is 44.7 Å². The third kappa shape index (κ3) is 3.80. The number of carbonyl (C=O) groups excluding carboxylic acids is 1. The normalized spacial score (nSPS) is 22.0. The summed E-state index contributed by atoms with van der Waals surface area (Å²) in [6, 6.07) is 8.71. The fourth-order valence-electron chi connectivity index (χ4n) is 3.77. The lowest BCUT2D eigenvalue weighted by molar-refractivity contribution is -0.133. The zero-order chi connectivity index (χ0) is 19.0. The molecule has 1 N–H and O–H groups in total. The van der Waals surface area contributed by atoms with Gasteiger partial charge in [0.25, 0.3) is 5.92 Å². The summed E-state index contributed by atoms with van der Waals surface area (Å²) in [5, 5.41) is 7.02. The lowest BCUT2D eigenvalue weighted by Crippen LogP contribution is -2.54. The Hall–Kier alpha value is -2.48. The van der Waals surface area contributed by atoms with E-state index in [1.54, 1.807) is 18.0 Å². The zero-order valence-electron chi connectivity index (χ0n) is 15.1. The van der Waals surface area contributed by atoms with Crippen LogP contribution in [0.5, 0.6) is 5.75 Å². The molecule has 6 nitrogen and oxygen atoms in total. The smallest absolute Gasteiger partial charge is 0.252 e. The number of alkyl halides is 2. The molecule has 0 radical (unpaired) electrons. The lowest BCUT2D eigenvalue weighted by atomic mass is 9.88. The Morgan fingerprint density at radius 2 is 2.19 bits per heavy atom. The third-order valence-corrected chi connectivity index (χ3v) is 5.14. The molecule has 0 saturated heterocycles. The number of rotatable bonds is 5. The van der Waals surface area contributed by atoms with Gasteiger partial charge in [0.2, 0.25) is 5.91 Å². The Bertz CT molecular complexity index is 831. The molecule has 4 rings (SSSR count). The predicted molar refractivity (Wildman–Crippen MR) is 94.5 cm³/mol. The van der Waals surface area contributed by atoms with Crippen molar-refractivity contribution in [2.45, 2.75) is 43.9 Å². The molecule has 1 amide bonds. The lowest BCUT2D eigenvalue weighted by Gasteiger charge is -2.38. The highest BCUT2D eigenvalue weighted by Crippen LogP contribution is 2.37. The van der Waals surface area contributed by atoms with E-state index >= 15 is 0 Å². The standard InChI is InChI=1S/C19H22F2N4O2/c1-27-16-4-2-3-13(7-16)10-24-11-15-5-6-22-25(15)17(12-24)18(26)23-14-8-19(20,21)9-14/h2-7,14,17H,8-12H2,1H3,(H,23,26). The number of nitrogens with zero attached hydrogens (tertiary/aromatic N) is 3. The van der Waals surface area contributed by atoms with Crippen LogP contribution < -0.4 is 10.1 Å². The summed E-state index contributed by atoms with van der Waals surface area (Å²) in [6.07, 6.45) is 1.10. The van der Waals surface area contributed by atoms with E-state index in [2.05, 4.69) is 15.3 Å². The fourth-order valence-corrected chi connectivity index (χ4v) is 3.77. The minimum atomic E-state index is -2.65. The molecule has 1 unspecified atom stereocenters. The molecule has 2 aromatic rings. The van der Waals surface area contributed by atoms with Crippen LogP contribution in [-0.2, 0) is 17.9 Å². The maximum absolute atomic E-state index is 13.0. The van der Waals surface area contributed by atoms with Gasteiger partial charge in [-0.3, -0.25) is 14.4 Å². The van der Waals surface area contributed by atoms with E-state index in [1.165, 1.54) is 0 Å². The van der Waals surface area contributed by atoms with Gasteiger partial charge in [0.1, 0.15) is 11.8 Å². The molecule has 1 atom stereocenters. The molecular formula is C19H22F2N4O2. The number of hydrogen-bond acceptors (Lipinski definition) is 4. The van der Waals surface area contributed by atoms with Crippen molar-refractivity contribution in [1.29, 1.82) is 0 Å². The first-order valence-electron chi connectivity index (χ1n) is 8.99. The van der Waals surface area contributed by atoms with Crippen molar-refractivity contribution in [3.05, 3.63) is 47.8 Å². The SMILES string of the molecule is COc1cccc(CN2Cc3ccnn3C(C(=O)NC3CC(F)(F)C3)C2)c1. The summed E-state index contributed by atoms with van der Waals surface area (Å²) in [4.78, 5) is 14.9. The maximum Gasteiger partial charge on any atom is 0.252 e. The maximum atomic E-state index is 13.0. The van der Waals surface area contributed by atoms with E-state index in [0.29, 0.717) is 19.6 Å². The van der Waals surface area contributed by atoms with E-state index in [0.717, 1.165) is 17.0 Å². The number of aromatic nitrogens is 2. The molecule has 1 saturated carbocycles. The number of ether oxygens (including phenoxy) is 1. The molecule has 2 aliphatic rings. The van der Waals surface area contributed by atoms with Gasteiger partial charge in [-0.1, -0.05) is 12.1 Å². The molecule has 27 heavy (non-hydrogen) atoms. The van der Waals surface area contributed by atoms with Crippen LogP contribution in [0.15, 0.2) is 36.5 Å². The van der Waals surface area contributed by atoms with Gasteiger partial charge < -0.3 is 10.1 Å². The first-order valence-corrected chi connectivity index (χ1v) is 8.99. The number of fused-ring (bicyclic) bond motifs is 1. The van der Waals surface area contributed by atoms with Crippen LogP contribution >= 0.6 is 0 Å². The van der Waals surface area contributed by atoms with Gasteiger partial charge in [-0.2, -0.15) is 5.10 Å². The van der Waals surface area contributed by atoms with Gasteiger partial charge in [0.05, 0.1) is 12.8 Å². The zero-order valence-corrected chi connectivity index (χ0v) is 15.1. The third-order valence-electron chi connectivity index (χ3n) is 5.14. The molecule has 1 aromatic heterocycles. The molecule has 1 fully saturated rings. The Morgan fingerprint density at radius 1 is 1.37 bits per heavy atom. The van der Waals surface area contributed by atoms with Gasteiger partial charge >= 0.3 is 0 Å². The van der Waals surface area contributed by atoms with E-state index in [9.17, 15) is 13.6 Å². The second-order valence-corrected chi connectivity index (χ2v) is 7.27. The van der Waals surface area contributed by atoms with Crippen molar-refractivity contribution in [2.24, 2.45) is 0 Å². The minimum Gasteiger partial charge on any atom is -0.497 e. The first kappa shape index (κ1) is 17.9. The van der Waals surface area contributed by atoms with Crippen molar-refractivity contribution < 1.29 is 18.3 Å². The van der Waals surface area contributed by atoms with E-state index in [4.69, 9.17) is 4.74 Å². The van der Waals surface area contributed by atoms with Gasteiger partial charge in [-0.25, -0.2) is 8.78 Å². The molecule has 144 valence electrons. The summed E-state index contributed by atoms with van der Waals surface area (Å²) >= 11 is 0. The average Bonchev–Trinajstić information content (AvgIpc) is 3.08. The molecule has 2 heterocycles. The van der Waals surface area contributed by atoms with Crippen LogP contribution in [0, 0.1) is 0 Å². The molecule has 1 aromatic carbocycles. The fraction of sp³-hybridized carbons (Fsp3) is 0.474. The molecular weight excluding hydrogens is 354 g/mol. The Morgan fingerprint density at radius 3 is 2.93 bits per heavy atom. The predicted octanol–water partition coefficient (Wildman–Crippen LogP) is 2.36. The van der Waals surface area contributed by atoms with Crippen LogP contribution in [-0.4, -0.2) is 46.2 Å². The quantitative estimate of drug-likeness (QED) is 0.870. The largest absolute Gasteiger partial charge is 0.497 e. The van der Waals surface area contributed by atoms with Gasteiger partial charge in [0.15, 0.2) is 0 Å². The second-order valence-electron chi connectivity index (χ2n) is 7.27. The van der Waals surface area contributed by atoms with E-state index in [-0.39, 0.29) is 18.7 Å². The van der Waals surface area contributed by atoms with Crippen molar-refractivity contribution >= 4 is 5.91 Å². The van der Waals surface area contributed by atoms with E-state index < -0.39 is 18.0 Å². The van der Waals surface area contributed by atoms with Crippen LogP contribution in [0.2, 0.25) is 0 Å². The average molecular weight is 376 g/mol. The van der Waals surface area contributed by atoms with Crippen LogP contribution in [0.3, 0.4) is 0 Å². The highest BCUT2D eigenvalue weighted by molar-refractivity contribution is 5.81. The summed E-state index contributed by atoms with van der Waals surface area (Å²) < 4.78 is 33.1. The monoisotopic (exact) mass is 376 g/mol. The van der Waals surface area contributed by atoms with Crippen molar-refractivity contribution in [3.8, 4) is 5.75 Å². The highest BCUT2D eigenvalue weighted by Gasteiger charge is 2.46. The molecule has 1 aliphatic heterocycles. The minimum absolute atomic E-state index is 0.254. The summed E-state index contributed by atoms with van der Waals surface area (Å²) in [5.41, 5.74) is 2.02. The number of benzene rings is 1. The van der Waals surface area contributed by atoms with Gasteiger partial charge in [-0.15, -0.1) is 0 Å². The number of nitrogens with one attached hydrogen (secondary N) is 1. The Kier molecular flexibility index (Phi) is 4.59. The topological polar surface area (TPSA) is 59.4 Å². The van der Waals surface area contributed by atoms with Crippen LogP contribution in [0.25, 0.3) is 0 Å². The Balaban J connectivity index is 1.46. The Labute approximate surface area is 156 Å². The number of carbonyl (C=O) groups is 1. The first-order chi connectivity index (χ1) is 12.9. The van der Waals surface area contributed by atoms with Crippen molar-refractivity contribution in [1.82, 2.24) is 20.0 Å². The number of hydrogen-bond donors (Lipinski definition) is 1. The number of halogens is 2. The summed E-state index contributed by atoms with van der Waals surface area (Å²) in [6.45, 7) is 1.80. The molecule has 0 bridgehead atoms. The number of amides is 1. The molecule has 8 heteroatoms. The van der Waals surface area contributed by atoms with Crippen molar-refractivity contribution in [2.75, 3.05) is 13.7 Å². The van der Waals surface area contributed by atoms with Crippen LogP contribution in [0.4, 0.5) is 8.78 Å². The summed E-state index contributed by atoms with van der Waals surface area (Å²) in [7, 11) is 1.63. The van der Waals surface area contributed by atoms with E-state index in [1.807, 2.05) is 30.3 Å². The van der Waals surface area contributed by atoms with Crippen LogP contribution in [0.1, 0.15) is 30.1 Å². The molecule has 1 aliphatic carbocycles. The summed E-state index contributed by atoms with van der Waals surface area (Å²) in [5.74, 6) is -2.12.